The molecular formula is C14H20FNO. The molecule has 0 spiro atoms. The molecule has 3 heteroatoms. The lowest BCUT2D eigenvalue weighted by atomic mass is 9.83. The lowest BCUT2D eigenvalue weighted by molar-refractivity contribution is 0.300. The van der Waals surface area contributed by atoms with Crippen molar-refractivity contribution < 1.29 is 9.50 Å². The molecule has 0 bridgehead atoms. The maximum absolute atomic E-state index is 13.1. The third kappa shape index (κ3) is 3.35. The molecule has 94 valence electrons. The van der Waals surface area contributed by atoms with Gasteiger partial charge in [0.25, 0.3) is 0 Å². The number of halogens is 1. The predicted octanol–water partition coefficient (Wildman–Crippen LogP) is 3.77. The summed E-state index contributed by atoms with van der Waals surface area (Å²) in [4.78, 5) is 0. The first-order chi connectivity index (χ1) is 8.15. The molecule has 0 aromatic heterocycles. The van der Waals surface area contributed by atoms with Crippen LogP contribution in [0, 0.1) is 17.7 Å². The second-order valence-electron chi connectivity index (χ2n) is 5.17. The van der Waals surface area contributed by atoms with Crippen LogP contribution in [0.15, 0.2) is 18.2 Å². The van der Waals surface area contributed by atoms with E-state index in [1.54, 1.807) is 6.07 Å². The zero-order valence-corrected chi connectivity index (χ0v) is 10.2. The first-order valence-corrected chi connectivity index (χ1v) is 6.37. The van der Waals surface area contributed by atoms with Crippen molar-refractivity contribution in [2.75, 3.05) is 11.9 Å². The molecule has 2 rings (SSSR count). The lowest BCUT2D eigenvalue weighted by Crippen LogP contribution is -2.20. The summed E-state index contributed by atoms with van der Waals surface area (Å²) in [5, 5.41) is 12.3. The third-order valence-electron chi connectivity index (χ3n) is 3.68. The van der Waals surface area contributed by atoms with E-state index in [0.29, 0.717) is 5.92 Å². The molecule has 1 aromatic rings. The standard InChI is InChI=1S/C14H20FNO/c1-10-2-4-11(5-3-10)9-16-12-6-7-14(17)13(15)8-12/h6-8,10-11,16-17H,2-5,9H2,1H3. The Labute approximate surface area is 102 Å². The van der Waals surface area contributed by atoms with Gasteiger partial charge in [-0.2, -0.15) is 0 Å². The van der Waals surface area contributed by atoms with Crippen molar-refractivity contribution >= 4 is 5.69 Å². The minimum absolute atomic E-state index is 0.290. The molecule has 1 fully saturated rings. The van der Waals surface area contributed by atoms with E-state index in [2.05, 4.69) is 12.2 Å². The number of nitrogens with one attached hydrogen (secondary N) is 1. The van der Waals surface area contributed by atoms with Crippen LogP contribution in [0.25, 0.3) is 0 Å². The molecule has 0 amide bonds. The van der Waals surface area contributed by atoms with E-state index in [1.165, 1.54) is 37.8 Å². The van der Waals surface area contributed by atoms with Gasteiger partial charge in [0, 0.05) is 18.3 Å². The van der Waals surface area contributed by atoms with Crippen molar-refractivity contribution in [1.82, 2.24) is 0 Å². The Hall–Kier alpha value is -1.25. The van der Waals surface area contributed by atoms with Crippen molar-refractivity contribution in [3.63, 3.8) is 0 Å². The van der Waals surface area contributed by atoms with Crippen LogP contribution in [-0.2, 0) is 0 Å². The van der Waals surface area contributed by atoms with Crippen LogP contribution in [0.4, 0.5) is 10.1 Å². The Balaban J connectivity index is 1.83. The van der Waals surface area contributed by atoms with Crippen LogP contribution in [0.2, 0.25) is 0 Å². The van der Waals surface area contributed by atoms with Gasteiger partial charge in [-0.15, -0.1) is 0 Å². The average Bonchev–Trinajstić information content (AvgIpc) is 2.33. The number of phenolic OH excluding ortho intramolecular Hbond substituents is 1. The molecule has 1 aliphatic rings. The largest absolute Gasteiger partial charge is 0.505 e. The van der Waals surface area contributed by atoms with Crippen LogP contribution >= 0.6 is 0 Å². The molecule has 0 radical (unpaired) electrons. The van der Waals surface area contributed by atoms with Gasteiger partial charge in [-0.25, -0.2) is 4.39 Å². The van der Waals surface area contributed by atoms with Crippen molar-refractivity contribution in [2.45, 2.75) is 32.6 Å². The molecule has 2 N–H and O–H groups in total. The first-order valence-electron chi connectivity index (χ1n) is 6.37. The zero-order chi connectivity index (χ0) is 12.3. The van der Waals surface area contributed by atoms with E-state index in [0.717, 1.165) is 18.2 Å². The minimum atomic E-state index is -0.563. The van der Waals surface area contributed by atoms with Crippen LogP contribution < -0.4 is 5.32 Å². The van der Waals surface area contributed by atoms with Gasteiger partial charge in [0.05, 0.1) is 0 Å². The SMILES string of the molecule is CC1CCC(CNc2ccc(O)c(F)c2)CC1. The molecule has 1 aromatic carbocycles. The summed E-state index contributed by atoms with van der Waals surface area (Å²) in [6.07, 6.45) is 5.12. The van der Waals surface area contributed by atoms with Crippen LogP contribution in [0.5, 0.6) is 5.75 Å². The fourth-order valence-electron chi connectivity index (χ4n) is 2.41. The molecule has 0 heterocycles. The molecule has 2 nitrogen and oxygen atoms in total. The summed E-state index contributed by atoms with van der Waals surface area (Å²) >= 11 is 0. The highest BCUT2D eigenvalue weighted by Gasteiger charge is 2.17. The van der Waals surface area contributed by atoms with E-state index in [-0.39, 0.29) is 5.75 Å². The predicted molar refractivity (Wildman–Crippen MR) is 67.7 cm³/mol. The van der Waals surface area contributed by atoms with Crippen molar-refractivity contribution in [3.05, 3.63) is 24.0 Å². The van der Waals surface area contributed by atoms with Gasteiger partial charge in [0.2, 0.25) is 0 Å². The number of phenols is 1. The lowest BCUT2D eigenvalue weighted by Gasteiger charge is -2.26. The number of hydrogen-bond acceptors (Lipinski definition) is 2. The maximum Gasteiger partial charge on any atom is 0.166 e. The Kier molecular flexibility index (Phi) is 3.87. The molecule has 0 aliphatic heterocycles. The van der Waals surface area contributed by atoms with Crippen LogP contribution in [0.1, 0.15) is 32.6 Å². The minimum Gasteiger partial charge on any atom is -0.505 e. The quantitative estimate of drug-likeness (QED) is 0.784. The summed E-state index contributed by atoms with van der Waals surface area (Å²) in [6.45, 7) is 3.20. The van der Waals surface area contributed by atoms with Gasteiger partial charge >= 0.3 is 0 Å². The first kappa shape index (κ1) is 12.2. The molecular weight excluding hydrogens is 217 g/mol. The van der Waals surface area contributed by atoms with Crippen molar-refractivity contribution in [1.29, 1.82) is 0 Å². The highest BCUT2D eigenvalue weighted by molar-refractivity contribution is 5.46. The molecule has 1 aliphatic carbocycles. The molecule has 0 atom stereocenters. The summed E-state index contributed by atoms with van der Waals surface area (Å²) in [6, 6.07) is 4.45. The summed E-state index contributed by atoms with van der Waals surface area (Å²) < 4.78 is 13.1. The molecule has 1 saturated carbocycles. The maximum atomic E-state index is 13.1. The van der Waals surface area contributed by atoms with E-state index in [9.17, 15) is 4.39 Å². The van der Waals surface area contributed by atoms with Gasteiger partial charge in [-0.1, -0.05) is 19.8 Å². The van der Waals surface area contributed by atoms with Crippen molar-refractivity contribution in [3.8, 4) is 5.75 Å². The average molecular weight is 237 g/mol. The number of benzene rings is 1. The Morgan fingerprint density at radius 3 is 2.65 bits per heavy atom. The smallest absolute Gasteiger partial charge is 0.166 e. The molecule has 0 unspecified atom stereocenters. The van der Waals surface area contributed by atoms with E-state index < -0.39 is 5.82 Å². The van der Waals surface area contributed by atoms with Crippen molar-refractivity contribution in [2.24, 2.45) is 11.8 Å². The van der Waals surface area contributed by atoms with E-state index in [4.69, 9.17) is 5.11 Å². The van der Waals surface area contributed by atoms with Gasteiger partial charge in [-0.05, 0) is 36.8 Å². The Morgan fingerprint density at radius 2 is 2.00 bits per heavy atom. The normalized spacial score (nSPS) is 24.6. The summed E-state index contributed by atoms with van der Waals surface area (Å²) in [5.41, 5.74) is 0.749. The molecule has 17 heavy (non-hydrogen) atoms. The van der Waals surface area contributed by atoms with Gasteiger partial charge in [0.1, 0.15) is 0 Å². The number of anilines is 1. The Bertz CT molecular complexity index is 372. The van der Waals surface area contributed by atoms with Gasteiger partial charge < -0.3 is 10.4 Å². The summed E-state index contributed by atoms with van der Waals surface area (Å²) in [7, 11) is 0. The van der Waals surface area contributed by atoms with Crippen LogP contribution in [-0.4, -0.2) is 11.7 Å². The number of hydrogen-bond donors (Lipinski definition) is 2. The fourth-order valence-corrected chi connectivity index (χ4v) is 2.41. The Morgan fingerprint density at radius 1 is 1.29 bits per heavy atom. The summed E-state index contributed by atoms with van der Waals surface area (Å²) in [5.74, 6) is 0.703. The fraction of sp³-hybridized carbons (Fsp3) is 0.571. The van der Waals surface area contributed by atoms with Gasteiger partial charge in [0.15, 0.2) is 11.6 Å². The zero-order valence-electron chi connectivity index (χ0n) is 10.2. The number of rotatable bonds is 3. The number of aromatic hydroxyl groups is 1. The second kappa shape index (κ2) is 5.39. The topological polar surface area (TPSA) is 32.3 Å². The van der Waals surface area contributed by atoms with E-state index in [1.807, 2.05) is 0 Å². The third-order valence-corrected chi connectivity index (χ3v) is 3.68. The highest BCUT2D eigenvalue weighted by atomic mass is 19.1. The second-order valence-corrected chi connectivity index (χ2v) is 5.17. The highest BCUT2D eigenvalue weighted by Crippen LogP contribution is 2.28. The monoisotopic (exact) mass is 237 g/mol. The van der Waals surface area contributed by atoms with Crippen LogP contribution in [0.3, 0.4) is 0 Å². The van der Waals surface area contributed by atoms with E-state index >= 15 is 0 Å². The molecule has 0 saturated heterocycles. The van der Waals surface area contributed by atoms with Gasteiger partial charge in [-0.3, -0.25) is 0 Å².